The van der Waals surface area contributed by atoms with Crippen molar-refractivity contribution >= 4 is 0 Å². The first-order chi connectivity index (χ1) is 7.15. The van der Waals surface area contributed by atoms with E-state index in [1.807, 2.05) is 31.2 Å². The van der Waals surface area contributed by atoms with Gasteiger partial charge < -0.3 is 9.84 Å². The van der Waals surface area contributed by atoms with Gasteiger partial charge in [-0.1, -0.05) is 17.7 Å². The molecule has 0 aliphatic rings. The SMILES string of the molecule is C=CCCOc1ccc(C)cc1[C@H](C)O. The first-order valence-electron chi connectivity index (χ1n) is 5.17. The van der Waals surface area contributed by atoms with E-state index in [1.165, 1.54) is 0 Å². The van der Waals surface area contributed by atoms with Crippen LogP contribution in [0.5, 0.6) is 5.75 Å². The highest BCUT2D eigenvalue weighted by Crippen LogP contribution is 2.26. The minimum absolute atomic E-state index is 0.497. The van der Waals surface area contributed by atoms with E-state index in [0.717, 1.165) is 23.3 Å². The fourth-order valence-electron chi connectivity index (χ4n) is 1.38. The molecule has 2 heteroatoms. The molecule has 0 saturated carbocycles. The Bertz CT molecular complexity index is 329. The van der Waals surface area contributed by atoms with Gasteiger partial charge in [0.1, 0.15) is 5.75 Å². The van der Waals surface area contributed by atoms with Crippen LogP contribution in [-0.4, -0.2) is 11.7 Å². The molecular weight excluding hydrogens is 188 g/mol. The lowest BCUT2D eigenvalue weighted by Crippen LogP contribution is -2.01. The second-order valence-corrected chi connectivity index (χ2v) is 3.64. The molecule has 0 saturated heterocycles. The number of hydrogen-bond acceptors (Lipinski definition) is 2. The van der Waals surface area contributed by atoms with Crippen molar-refractivity contribution in [2.75, 3.05) is 6.61 Å². The maximum atomic E-state index is 9.59. The zero-order valence-corrected chi connectivity index (χ0v) is 9.36. The Morgan fingerprint density at radius 2 is 2.27 bits per heavy atom. The van der Waals surface area contributed by atoms with Gasteiger partial charge in [-0.15, -0.1) is 6.58 Å². The highest BCUT2D eigenvalue weighted by Gasteiger charge is 2.08. The van der Waals surface area contributed by atoms with Crippen LogP contribution in [0.3, 0.4) is 0 Å². The highest BCUT2D eigenvalue weighted by atomic mass is 16.5. The fourth-order valence-corrected chi connectivity index (χ4v) is 1.38. The smallest absolute Gasteiger partial charge is 0.125 e. The summed E-state index contributed by atoms with van der Waals surface area (Å²) in [4.78, 5) is 0. The zero-order valence-electron chi connectivity index (χ0n) is 9.36. The quantitative estimate of drug-likeness (QED) is 0.592. The highest BCUT2D eigenvalue weighted by molar-refractivity contribution is 5.38. The number of benzene rings is 1. The zero-order chi connectivity index (χ0) is 11.3. The molecule has 0 radical (unpaired) electrons. The summed E-state index contributed by atoms with van der Waals surface area (Å²) in [7, 11) is 0. The lowest BCUT2D eigenvalue weighted by molar-refractivity contribution is 0.191. The van der Waals surface area contributed by atoms with E-state index in [9.17, 15) is 5.11 Å². The Labute approximate surface area is 91.2 Å². The predicted octanol–water partition coefficient (Wildman–Crippen LogP) is 3.00. The van der Waals surface area contributed by atoms with E-state index in [4.69, 9.17) is 4.74 Å². The topological polar surface area (TPSA) is 29.5 Å². The summed E-state index contributed by atoms with van der Waals surface area (Å²) in [5.41, 5.74) is 1.97. The molecule has 0 bridgehead atoms. The number of aryl methyl sites for hydroxylation is 1. The maximum absolute atomic E-state index is 9.59. The summed E-state index contributed by atoms with van der Waals surface area (Å²) in [5.74, 6) is 0.762. The molecule has 0 heterocycles. The minimum Gasteiger partial charge on any atom is -0.493 e. The first-order valence-corrected chi connectivity index (χ1v) is 5.17. The van der Waals surface area contributed by atoms with E-state index in [2.05, 4.69) is 6.58 Å². The molecule has 2 nitrogen and oxygen atoms in total. The van der Waals surface area contributed by atoms with Gasteiger partial charge >= 0.3 is 0 Å². The van der Waals surface area contributed by atoms with Crippen LogP contribution in [0.4, 0.5) is 0 Å². The molecule has 1 aromatic carbocycles. The molecule has 0 aliphatic heterocycles. The third-order valence-corrected chi connectivity index (χ3v) is 2.19. The van der Waals surface area contributed by atoms with Gasteiger partial charge in [0.15, 0.2) is 0 Å². The number of aliphatic hydroxyl groups excluding tert-OH is 1. The lowest BCUT2D eigenvalue weighted by Gasteiger charge is -2.13. The van der Waals surface area contributed by atoms with Gasteiger partial charge in [0.2, 0.25) is 0 Å². The summed E-state index contributed by atoms with van der Waals surface area (Å²) in [6.07, 6.45) is 2.13. The number of aliphatic hydroxyl groups is 1. The van der Waals surface area contributed by atoms with Crippen LogP contribution >= 0.6 is 0 Å². The normalized spacial score (nSPS) is 12.2. The molecule has 82 valence electrons. The monoisotopic (exact) mass is 206 g/mol. The maximum Gasteiger partial charge on any atom is 0.125 e. The molecule has 0 unspecified atom stereocenters. The average molecular weight is 206 g/mol. The third kappa shape index (κ3) is 3.40. The summed E-state index contributed by atoms with van der Waals surface area (Å²) < 4.78 is 5.56. The van der Waals surface area contributed by atoms with Crippen molar-refractivity contribution in [1.29, 1.82) is 0 Å². The van der Waals surface area contributed by atoms with Crippen LogP contribution in [0.1, 0.15) is 30.6 Å². The van der Waals surface area contributed by atoms with E-state index in [-0.39, 0.29) is 0 Å². The van der Waals surface area contributed by atoms with Gasteiger partial charge in [0.05, 0.1) is 12.7 Å². The van der Waals surface area contributed by atoms with Gasteiger partial charge in [-0.2, -0.15) is 0 Å². The van der Waals surface area contributed by atoms with E-state index >= 15 is 0 Å². The molecule has 0 aliphatic carbocycles. The number of ether oxygens (including phenoxy) is 1. The fraction of sp³-hybridized carbons (Fsp3) is 0.385. The summed E-state index contributed by atoms with van der Waals surface area (Å²) in [5, 5.41) is 9.59. The molecule has 1 rings (SSSR count). The molecule has 1 aromatic rings. The molecule has 0 aromatic heterocycles. The standard InChI is InChI=1S/C13H18O2/c1-4-5-8-15-13-7-6-10(2)9-12(13)11(3)14/h4,6-7,9,11,14H,1,5,8H2,2-3H3/t11-/m0/s1. The lowest BCUT2D eigenvalue weighted by atomic mass is 10.1. The van der Waals surface area contributed by atoms with E-state index in [0.29, 0.717) is 6.61 Å². The van der Waals surface area contributed by atoms with Crippen LogP contribution < -0.4 is 4.74 Å². The Morgan fingerprint density at radius 3 is 2.87 bits per heavy atom. The molecule has 15 heavy (non-hydrogen) atoms. The van der Waals surface area contributed by atoms with Crippen molar-refractivity contribution in [3.63, 3.8) is 0 Å². The third-order valence-electron chi connectivity index (χ3n) is 2.19. The second-order valence-electron chi connectivity index (χ2n) is 3.64. The average Bonchev–Trinajstić information content (AvgIpc) is 2.20. The van der Waals surface area contributed by atoms with Gasteiger partial charge in [0, 0.05) is 5.56 Å². The molecule has 0 spiro atoms. The van der Waals surface area contributed by atoms with Crippen molar-refractivity contribution in [3.05, 3.63) is 42.0 Å². The Kier molecular flexibility index (Phi) is 4.37. The van der Waals surface area contributed by atoms with Gasteiger partial charge in [0.25, 0.3) is 0 Å². The molecule has 0 amide bonds. The Balaban J connectivity index is 2.81. The molecule has 1 atom stereocenters. The largest absolute Gasteiger partial charge is 0.493 e. The van der Waals surface area contributed by atoms with Crippen molar-refractivity contribution in [1.82, 2.24) is 0 Å². The van der Waals surface area contributed by atoms with Crippen LogP contribution in [-0.2, 0) is 0 Å². The second kappa shape index (κ2) is 5.56. The number of rotatable bonds is 5. The van der Waals surface area contributed by atoms with Crippen molar-refractivity contribution < 1.29 is 9.84 Å². The number of hydrogen-bond donors (Lipinski definition) is 1. The van der Waals surface area contributed by atoms with Crippen molar-refractivity contribution in [2.45, 2.75) is 26.4 Å². The minimum atomic E-state index is -0.497. The Morgan fingerprint density at radius 1 is 1.53 bits per heavy atom. The van der Waals surface area contributed by atoms with Crippen LogP contribution in [0.2, 0.25) is 0 Å². The first kappa shape index (κ1) is 11.8. The van der Waals surface area contributed by atoms with Crippen molar-refractivity contribution in [2.24, 2.45) is 0 Å². The van der Waals surface area contributed by atoms with Gasteiger partial charge in [-0.25, -0.2) is 0 Å². The molecule has 0 fully saturated rings. The van der Waals surface area contributed by atoms with E-state index in [1.54, 1.807) is 6.92 Å². The van der Waals surface area contributed by atoms with Crippen LogP contribution in [0, 0.1) is 6.92 Å². The van der Waals surface area contributed by atoms with Crippen LogP contribution in [0.15, 0.2) is 30.9 Å². The van der Waals surface area contributed by atoms with E-state index < -0.39 is 6.10 Å². The van der Waals surface area contributed by atoms with Crippen LogP contribution in [0.25, 0.3) is 0 Å². The van der Waals surface area contributed by atoms with Gasteiger partial charge in [-0.3, -0.25) is 0 Å². The summed E-state index contributed by atoms with van der Waals surface area (Å²) in [6, 6.07) is 5.84. The summed E-state index contributed by atoms with van der Waals surface area (Å²) in [6.45, 7) is 7.98. The van der Waals surface area contributed by atoms with Crippen molar-refractivity contribution in [3.8, 4) is 5.75 Å². The molecular formula is C13H18O2. The Hall–Kier alpha value is -1.28. The van der Waals surface area contributed by atoms with Gasteiger partial charge in [-0.05, 0) is 32.4 Å². The predicted molar refractivity (Wildman–Crippen MR) is 62.1 cm³/mol. The molecule has 1 N–H and O–H groups in total. The summed E-state index contributed by atoms with van der Waals surface area (Å²) >= 11 is 0.